The van der Waals surface area contributed by atoms with E-state index >= 15 is 0 Å². The Bertz CT molecular complexity index is 709. The minimum absolute atomic E-state index is 0.104. The molecule has 0 bridgehead atoms. The number of rotatable bonds is 5. The van der Waals surface area contributed by atoms with Crippen LogP contribution in [0.2, 0.25) is 0 Å². The van der Waals surface area contributed by atoms with Crippen molar-refractivity contribution in [3.63, 3.8) is 0 Å². The third-order valence-electron chi connectivity index (χ3n) is 5.31. The Hall–Kier alpha value is -1.67. The van der Waals surface area contributed by atoms with Crippen LogP contribution in [0.1, 0.15) is 52.0 Å². The minimum Gasteiger partial charge on any atom is -0.400 e. The molecule has 0 aromatic heterocycles. The lowest BCUT2D eigenvalue weighted by Crippen LogP contribution is -2.41. The fraction of sp³-hybridized carbons (Fsp3) is 0.550. The molecule has 2 heterocycles. The lowest BCUT2D eigenvalue weighted by molar-refractivity contribution is -0.118. The van der Waals surface area contributed by atoms with Gasteiger partial charge in [-0.3, -0.25) is 4.79 Å². The van der Waals surface area contributed by atoms with Gasteiger partial charge < -0.3 is 24.1 Å². The van der Waals surface area contributed by atoms with E-state index in [-0.39, 0.29) is 12.2 Å². The summed E-state index contributed by atoms with van der Waals surface area (Å²) in [7, 11) is -0.541. The van der Waals surface area contributed by atoms with Crippen molar-refractivity contribution in [2.24, 2.45) is 0 Å². The Morgan fingerprint density at radius 2 is 1.74 bits per heavy atom. The molecule has 2 fully saturated rings. The normalized spacial score (nSPS) is 22.3. The third kappa shape index (κ3) is 4.43. The van der Waals surface area contributed by atoms with Gasteiger partial charge in [0.1, 0.15) is 0 Å². The van der Waals surface area contributed by atoms with Crippen LogP contribution < -0.4 is 5.32 Å². The first-order valence-electron chi connectivity index (χ1n) is 9.32. The maximum atomic E-state index is 11.5. The molecule has 1 amide bonds. The van der Waals surface area contributed by atoms with Gasteiger partial charge in [-0.15, -0.1) is 0 Å². The Labute approximate surface area is 161 Å². The lowest BCUT2D eigenvalue weighted by atomic mass is 9.76. The topological polar surface area (TPSA) is 66.0 Å². The monoisotopic (exact) mass is 373 g/mol. The van der Waals surface area contributed by atoms with Crippen LogP contribution in [0, 0.1) is 0 Å². The maximum absolute atomic E-state index is 11.5. The van der Waals surface area contributed by atoms with E-state index in [1.165, 1.54) is 6.92 Å². The van der Waals surface area contributed by atoms with E-state index < -0.39 is 18.3 Å². The zero-order valence-electron chi connectivity index (χ0n) is 16.7. The van der Waals surface area contributed by atoms with E-state index in [1.807, 2.05) is 58.0 Å². The summed E-state index contributed by atoms with van der Waals surface area (Å²) in [5.74, 6) is -0.104. The van der Waals surface area contributed by atoms with Crippen molar-refractivity contribution >= 4 is 19.1 Å². The summed E-state index contributed by atoms with van der Waals surface area (Å²) >= 11 is 0. The molecule has 0 unspecified atom stereocenters. The van der Waals surface area contributed by atoms with Gasteiger partial charge in [0, 0.05) is 19.0 Å². The molecule has 0 saturated carbocycles. The first kappa shape index (κ1) is 20.1. The second-order valence-electron chi connectivity index (χ2n) is 7.92. The molecule has 2 aliphatic heterocycles. The Morgan fingerprint density at radius 3 is 2.33 bits per heavy atom. The molecule has 6 nitrogen and oxygen atoms in total. The van der Waals surface area contributed by atoms with Crippen molar-refractivity contribution in [2.45, 2.75) is 52.1 Å². The molecule has 27 heavy (non-hydrogen) atoms. The van der Waals surface area contributed by atoms with Gasteiger partial charge in [0.25, 0.3) is 0 Å². The number of benzene rings is 1. The van der Waals surface area contributed by atoms with Gasteiger partial charge in [-0.05, 0) is 38.7 Å². The highest BCUT2D eigenvalue weighted by molar-refractivity contribution is 6.56. The van der Waals surface area contributed by atoms with Crippen molar-refractivity contribution in [2.75, 3.05) is 19.8 Å². The van der Waals surface area contributed by atoms with Crippen molar-refractivity contribution in [1.29, 1.82) is 0 Å². The van der Waals surface area contributed by atoms with Gasteiger partial charge in [-0.25, -0.2) is 0 Å². The molecule has 0 atom stereocenters. The van der Waals surface area contributed by atoms with Crippen LogP contribution in [-0.4, -0.2) is 44.0 Å². The molecule has 146 valence electrons. The Morgan fingerprint density at radius 1 is 1.15 bits per heavy atom. The molecule has 1 aromatic rings. The second kappa shape index (κ2) is 7.76. The molecule has 2 saturated heterocycles. The number of hydrogen-bond donors (Lipinski definition) is 1. The summed E-state index contributed by atoms with van der Waals surface area (Å²) in [4.78, 5) is 11.5. The van der Waals surface area contributed by atoms with Gasteiger partial charge in [0.2, 0.25) is 5.91 Å². The van der Waals surface area contributed by atoms with Gasteiger partial charge in [0.15, 0.2) is 6.29 Å². The van der Waals surface area contributed by atoms with Crippen molar-refractivity contribution in [1.82, 2.24) is 5.32 Å². The minimum atomic E-state index is -0.541. The highest BCUT2D eigenvalue weighted by Gasteiger charge is 2.52. The number of nitrogens with one attached hydrogen (secondary N) is 1. The predicted octanol–water partition coefficient (Wildman–Crippen LogP) is 2.88. The van der Waals surface area contributed by atoms with Crippen LogP contribution >= 0.6 is 0 Å². The quantitative estimate of drug-likeness (QED) is 0.804. The van der Waals surface area contributed by atoms with E-state index in [1.54, 1.807) is 0 Å². The largest absolute Gasteiger partial charge is 0.492 e. The van der Waals surface area contributed by atoms with Crippen LogP contribution in [0.5, 0.6) is 0 Å². The number of hydrogen-bond acceptors (Lipinski definition) is 5. The summed E-state index contributed by atoms with van der Waals surface area (Å²) in [6, 6.07) is 7.91. The van der Waals surface area contributed by atoms with Gasteiger partial charge in [-0.2, -0.15) is 0 Å². The van der Waals surface area contributed by atoms with E-state index in [9.17, 15) is 4.79 Å². The average molecular weight is 373 g/mol. The molecule has 0 aliphatic carbocycles. The maximum Gasteiger partial charge on any atom is 0.492 e. The van der Waals surface area contributed by atoms with Crippen LogP contribution in [0.25, 0.3) is 6.08 Å². The molecule has 2 aliphatic rings. The van der Waals surface area contributed by atoms with E-state index in [0.717, 1.165) is 16.6 Å². The molecule has 0 spiro atoms. The molecular weight excluding hydrogens is 345 g/mol. The number of carbonyl (C=O) groups excluding carboxylic acids is 1. The fourth-order valence-corrected chi connectivity index (χ4v) is 3.02. The fourth-order valence-electron chi connectivity index (χ4n) is 3.02. The Balaban J connectivity index is 1.93. The number of ether oxygens (including phenoxy) is 2. The lowest BCUT2D eigenvalue weighted by Gasteiger charge is -2.32. The van der Waals surface area contributed by atoms with E-state index in [0.29, 0.717) is 19.8 Å². The summed E-state index contributed by atoms with van der Waals surface area (Å²) in [5, 5.41) is 2.86. The summed E-state index contributed by atoms with van der Waals surface area (Å²) in [5.41, 5.74) is 1.84. The molecule has 0 radical (unpaired) electrons. The molecule has 7 heteroatoms. The van der Waals surface area contributed by atoms with E-state index in [2.05, 4.69) is 5.32 Å². The Kier molecular flexibility index (Phi) is 5.77. The van der Waals surface area contributed by atoms with Crippen molar-refractivity contribution in [3.05, 3.63) is 40.9 Å². The van der Waals surface area contributed by atoms with Gasteiger partial charge in [-0.1, -0.05) is 30.3 Å². The summed E-state index contributed by atoms with van der Waals surface area (Å²) < 4.78 is 23.7. The molecule has 1 aromatic carbocycles. The zero-order valence-corrected chi connectivity index (χ0v) is 16.7. The van der Waals surface area contributed by atoms with Crippen LogP contribution in [0.3, 0.4) is 0 Å². The van der Waals surface area contributed by atoms with Crippen LogP contribution in [-0.2, 0) is 23.6 Å². The highest BCUT2D eigenvalue weighted by Crippen LogP contribution is 2.39. The van der Waals surface area contributed by atoms with Crippen LogP contribution in [0.15, 0.2) is 29.7 Å². The smallest absolute Gasteiger partial charge is 0.400 e. The average Bonchev–Trinajstić information content (AvgIpc) is 3.18. The zero-order chi connectivity index (χ0) is 19.7. The number of carbonyl (C=O) groups is 1. The van der Waals surface area contributed by atoms with Crippen LogP contribution in [0.4, 0.5) is 0 Å². The van der Waals surface area contributed by atoms with Crippen molar-refractivity contribution in [3.8, 4) is 0 Å². The first-order valence-corrected chi connectivity index (χ1v) is 9.32. The standard InChI is InChI=1S/C20H28BNO5/c1-14(23)22-13-16(21-26-19(2,3)20(4,5)27-21)12-15-8-6-7-9-17(15)18-24-10-11-25-18/h6-9,12,18H,10-11,13H2,1-5H3,(H,22,23). The summed E-state index contributed by atoms with van der Waals surface area (Å²) in [6.45, 7) is 11.0. The predicted molar refractivity (Wildman–Crippen MR) is 104 cm³/mol. The third-order valence-corrected chi connectivity index (χ3v) is 5.31. The highest BCUT2D eigenvalue weighted by atomic mass is 16.7. The first-order chi connectivity index (χ1) is 12.7. The van der Waals surface area contributed by atoms with Gasteiger partial charge in [0.05, 0.1) is 24.4 Å². The van der Waals surface area contributed by atoms with E-state index in [4.69, 9.17) is 18.8 Å². The SMILES string of the molecule is CC(=O)NCC(=Cc1ccccc1C1OCCO1)B1OC(C)(C)C(C)(C)O1. The van der Waals surface area contributed by atoms with Crippen molar-refractivity contribution < 1.29 is 23.6 Å². The summed E-state index contributed by atoms with van der Waals surface area (Å²) in [6.07, 6.45) is 1.62. The molecule has 3 rings (SSSR count). The van der Waals surface area contributed by atoms with Gasteiger partial charge >= 0.3 is 7.12 Å². The second-order valence-corrected chi connectivity index (χ2v) is 7.92. The molecule has 1 N–H and O–H groups in total. The number of amides is 1. The molecular formula is C20H28BNO5.